The van der Waals surface area contributed by atoms with E-state index in [-0.39, 0.29) is 21.6 Å². The Morgan fingerprint density at radius 1 is 1.03 bits per heavy atom. The predicted octanol–water partition coefficient (Wildman–Crippen LogP) is 3.94. The predicted molar refractivity (Wildman–Crippen MR) is 124 cm³/mol. The lowest BCUT2D eigenvalue weighted by Crippen LogP contribution is -2.27. The van der Waals surface area contributed by atoms with E-state index in [2.05, 4.69) is 15.2 Å². The zero-order chi connectivity index (χ0) is 24.3. The lowest BCUT2D eigenvalue weighted by atomic mass is 10.1. The molecule has 0 unspecified atom stereocenters. The van der Waals surface area contributed by atoms with Crippen molar-refractivity contribution < 1.29 is 26.8 Å². The molecule has 4 rings (SSSR count). The Hall–Kier alpha value is -4.18. The number of rotatable bonds is 6. The Labute approximate surface area is 194 Å². The second-order valence-corrected chi connectivity index (χ2v) is 8.96. The molecule has 4 aromatic rings. The Morgan fingerprint density at radius 2 is 1.76 bits per heavy atom. The smallest absolute Gasteiger partial charge is 0.276 e. The van der Waals surface area contributed by atoms with Crippen LogP contribution in [0, 0.1) is 12.7 Å². The van der Waals surface area contributed by atoms with Gasteiger partial charge in [0, 0.05) is 11.1 Å². The van der Waals surface area contributed by atoms with Gasteiger partial charge < -0.3 is 14.5 Å². The first-order valence-corrected chi connectivity index (χ1v) is 11.5. The fourth-order valence-electron chi connectivity index (χ4n) is 3.13. The number of sulfonamides is 1. The Morgan fingerprint density at radius 3 is 2.47 bits per heavy atom. The van der Waals surface area contributed by atoms with Gasteiger partial charge in [-0.05, 0) is 67.1 Å². The minimum atomic E-state index is -4.15. The number of methoxy groups -OCH3 is 1. The summed E-state index contributed by atoms with van der Waals surface area (Å²) in [4.78, 5) is 14.9. The molecule has 0 aliphatic rings. The topological polar surface area (TPSA) is 110 Å². The molecule has 1 amide bonds. The van der Waals surface area contributed by atoms with E-state index in [0.717, 1.165) is 12.1 Å². The quantitative estimate of drug-likeness (QED) is 0.406. The van der Waals surface area contributed by atoms with Crippen LogP contribution in [0.25, 0.3) is 11.0 Å². The molecule has 0 fully saturated rings. The lowest BCUT2D eigenvalue weighted by molar-refractivity contribution is 0.102. The molecule has 1 aromatic heterocycles. The summed E-state index contributed by atoms with van der Waals surface area (Å²) >= 11 is 0. The first kappa shape index (κ1) is 23.0. The summed E-state index contributed by atoms with van der Waals surface area (Å²) < 4.78 is 49.8. The van der Waals surface area contributed by atoms with Gasteiger partial charge in [-0.2, -0.15) is 13.2 Å². The van der Waals surface area contributed by atoms with Gasteiger partial charge in [0.05, 0.1) is 12.0 Å². The highest BCUT2D eigenvalue weighted by Gasteiger charge is 2.17. The second kappa shape index (κ2) is 9.36. The monoisotopic (exact) mass is 481 g/mol. The van der Waals surface area contributed by atoms with Crippen LogP contribution in [0.3, 0.4) is 0 Å². The molecule has 0 aliphatic heterocycles. The van der Waals surface area contributed by atoms with Crippen LogP contribution in [0.15, 0.2) is 87.2 Å². The molecule has 174 valence electrons. The number of hydrogen-bond acceptors (Lipinski definition) is 6. The number of nitrogens with zero attached hydrogens (tertiary/aromatic N) is 1. The highest BCUT2D eigenvalue weighted by Crippen LogP contribution is 2.18. The summed E-state index contributed by atoms with van der Waals surface area (Å²) in [5.41, 5.74) is 0.823. The molecule has 10 heteroatoms. The fraction of sp³-hybridized carbons (Fsp3) is 0.0833. The van der Waals surface area contributed by atoms with Gasteiger partial charge in [-0.15, -0.1) is 5.10 Å². The van der Waals surface area contributed by atoms with Crippen molar-refractivity contribution in [3.05, 3.63) is 95.3 Å². The van der Waals surface area contributed by atoms with Crippen molar-refractivity contribution in [2.75, 3.05) is 12.4 Å². The number of amides is 1. The fourth-order valence-corrected chi connectivity index (χ4v) is 4.01. The van der Waals surface area contributed by atoms with E-state index in [9.17, 15) is 17.6 Å². The maximum Gasteiger partial charge on any atom is 0.276 e. The first-order valence-electron chi connectivity index (χ1n) is 10.1. The molecule has 2 N–H and O–H groups in total. The third-order valence-corrected chi connectivity index (χ3v) is 6.16. The van der Waals surface area contributed by atoms with Crippen LogP contribution in [-0.2, 0) is 10.0 Å². The standard InChI is InChI=1S/C24H20FN3O5S/c1-15-13-19(11-12-21(15)25)34(30,31)28-27-24-20(14-16-5-3-4-6-22(16)33-24)23(29)26-17-7-9-18(32-2)10-8-17/h3-14,28H,1-2H3,(H,26,29)/b27-24-. The molecule has 0 aliphatic carbocycles. The average Bonchev–Trinajstić information content (AvgIpc) is 2.84. The molecule has 0 bridgehead atoms. The van der Waals surface area contributed by atoms with Gasteiger partial charge in [0.15, 0.2) is 0 Å². The van der Waals surface area contributed by atoms with Crippen LogP contribution in [0.1, 0.15) is 15.9 Å². The number of hydrogen-bond donors (Lipinski definition) is 2. The van der Waals surface area contributed by atoms with Crippen molar-refractivity contribution in [3.8, 4) is 5.75 Å². The van der Waals surface area contributed by atoms with Crippen molar-refractivity contribution in [3.63, 3.8) is 0 Å². The molecule has 0 saturated carbocycles. The number of anilines is 1. The van der Waals surface area contributed by atoms with E-state index in [1.54, 1.807) is 54.6 Å². The van der Waals surface area contributed by atoms with Gasteiger partial charge in [-0.25, -0.2) is 4.39 Å². The molecule has 0 radical (unpaired) electrons. The highest BCUT2D eigenvalue weighted by molar-refractivity contribution is 7.89. The normalized spacial score (nSPS) is 11.9. The number of carbonyl (C=O) groups excluding carboxylic acids is 1. The third kappa shape index (κ3) is 4.91. The van der Waals surface area contributed by atoms with Crippen molar-refractivity contribution in [2.45, 2.75) is 11.8 Å². The molecule has 34 heavy (non-hydrogen) atoms. The van der Waals surface area contributed by atoms with Gasteiger partial charge in [0.25, 0.3) is 15.9 Å². The molecule has 0 atom stereocenters. The van der Waals surface area contributed by atoms with E-state index in [1.807, 2.05) is 0 Å². The van der Waals surface area contributed by atoms with Crippen LogP contribution in [0.2, 0.25) is 0 Å². The minimum absolute atomic E-state index is 0.00695. The van der Waals surface area contributed by atoms with Gasteiger partial charge in [-0.3, -0.25) is 4.79 Å². The number of nitrogens with one attached hydrogen (secondary N) is 2. The number of aryl methyl sites for hydroxylation is 1. The zero-order valence-electron chi connectivity index (χ0n) is 18.2. The van der Waals surface area contributed by atoms with E-state index in [0.29, 0.717) is 22.4 Å². The van der Waals surface area contributed by atoms with Crippen LogP contribution >= 0.6 is 0 Å². The van der Waals surface area contributed by atoms with Gasteiger partial charge in [-0.1, -0.05) is 18.2 Å². The van der Waals surface area contributed by atoms with Gasteiger partial charge in [0.2, 0.25) is 5.55 Å². The Kier molecular flexibility index (Phi) is 6.33. The van der Waals surface area contributed by atoms with Crippen molar-refractivity contribution in [1.82, 2.24) is 4.83 Å². The highest BCUT2D eigenvalue weighted by atomic mass is 32.2. The largest absolute Gasteiger partial charge is 0.497 e. The lowest BCUT2D eigenvalue weighted by Gasteiger charge is -2.08. The Bertz CT molecular complexity index is 1550. The van der Waals surface area contributed by atoms with Crippen LogP contribution in [0.4, 0.5) is 10.1 Å². The number of ether oxygens (including phenoxy) is 1. The second-order valence-electron chi connectivity index (χ2n) is 7.30. The van der Waals surface area contributed by atoms with Crippen molar-refractivity contribution in [2.24, 2.45) is 5.10 Å². The molecular formula is C24H20FN3O5S. The zero-order valence-corrected chi connectivity index (χ0v) is 19.0. The maximum atomic E-state index is 13.5. The van der Waals surface area contributed by atoms with Gasteiger partial charge >= 0.3 is 0 Å². The molecule has 1 heterocycles. The van der Waals surface area contributed by atoms with Crippen LogP contribution in [-0.4, -0.2) is 21.4 Å². The number of carbonyl (C=O) groups is 1. The number of para-hydroxylation sites is 1. The molecule has 8 nitrogen and oxygen atoms in total. The molecule has 3 aromatic carbocycles. The summed E-state index contributed by atoms with van der Waals surface area (Å²) in [7, 11) is -2.62. The van der Waals surface area contributed by atoms with Crippen molar-refractivity contribution in [1.29, 1.82) is 0 Å². The Balaban J connectivity index is 1.73. The van der Waals surface area contributed by atoms with Crippen molar-refractivity contribution >= 4 is 32.6 Å². The van der Waals surface area contributed by atoms with Crippen LogP contribution < -0.4 is 20.4 Å². The first-order chi connectivity index (χ1) is 16.3. The molecular weight excluding hydrogens is 461 g/mol. The minimum Gasteiger partial charge on any atom is -0.497 e. The van der Waals surface area contributed by atoms with Gasteiger partial charge in [0.1, 0.15) is 22.7 Å². The van der Waals surface area contributed by atoms with E-state index >= 15 is 0 Å². The summed E-state index contributed by atoms with van der Waals surface area (Å²) in [6.45, 7) is 1.45. The molecule has 0 saturated heterocycles. The summed E-state index contributed by atoms with van der Waals surface area (Å²) in [5.74, 6) is -0.465. The average molecular weight is 482 g/mol. The third-order valence-electron chi connectivity index (χ3n) is 4.96. The summed E-state index contributed by atoms with van der Waals surface area (Å²) in [6.07, 6.45) is 0. The van der Waals surface area contributed by atoms with Crippen LogP contribution in [0.5, 0.6) is 5.75 Å². The molecule has 0 spiro atoms. The van der Waals surface area contributed by atoms with E-state index < -0.39 is 21.7 Å². The van der Waals surface area contributed by atoms with E-state index in [1.165, 1.54) is 20.1 Å². The number of halogens is 1. The number of benzene rings is 3. The SMILES string of the molecule is COc1ccc(NC(=O)c2cc3ccccc3o/c2=N\NS(=O)(=O)c2ccc(F)c(C)c2)cc1. The summed E-state index contributed by atoms with van der Waals surface area (Å²) in [5, 5.41) is 7.21. The summed E-state index contributed by atoms with van der Waals surface area (Å²) in [6, 6.07) is 18.5. The van der Waals surface area contributed by atoms with E-state index in [4.69, 9.17) is 9.15 Å². The number of fused-ring (bicyclic) bond motifs is 1. The maximum absolute atomic E-state index is 13.5.